The fourth-order valence-corrected chi connectivity index (χ4v) is 3.33. The largest absolute Gasteiger partial charge is 0.369 e. The van der Waals surface area contributed by atoms with Crippen molar-refractivity contribution < 1.29 is 8.91 Å². The van der Waals surface area contributed by atoms with Crippen LogP contribution < -0.4 is 4.90 Å². The summed E-state index contributed by atoms with van der Waals surface area (Å²) in [5, 5.41) is 4.12. The van der Waals surface area contributed by atoms with Crippen LogP contribution in [-0.4, -0.2) is 41.2 Å². The predicted octanol–water partition coefficient (Wildman–Crippen LogP) is 3.76. The molecule has 0 spiro atoms. The highest BCUT2D eigenvalue weighted by Gasteiger charge is 2.19. The first-order valence-corrected chi connectivity index (χ1v) is 9.36. The van der Waals surface area contributed by atoms with E-state index in [0.717, 1.165) is 43.9 Å². The summed E-state index contributed by atoms with van der Waals surface area (Å²) in [6, 6.07) is 14.9. The molecule has 2 heterocycles. The Labute approximate surface area is 158 Å². The number of benzene rings is 2. The van der Waals surface area contributed by atoms with Gasteiger partial charge in [-0.15, -0.1) is 0 Å². The third-order valence-corrected chi connectivity index (χ3v) is 5.01. The molecule has 1 fully saturated rings. The number of hydrogen-bond donors (Lipinski definition) is 0. The topological polar surface area (TPSA) is 45.4 Å². The van der Waals surface area contributed by atoms with Crippen molar-refractivity contribution in [3.8, 4) is 11.4 Å². The minimum absolute atomic E-state index is 0.200. The van der Waals surface area contributed by atoms with Crippen LogP contribution in [0.3, 0.4) is 0 Å². The third-order valence-electron chi connectivity index (χ3n) is 5.01. The molecule has 0 saturated carbocycles. The summed E-state index contributed by atoms with van der Waals surface area (Å²) in [4.78, 5) is 9.11. The third kappa shape index (κ3) is 4.17. The Morgan fingerprint density at radius 1 is 0.963 bits per heavy atom. The molecule has 4 rings (SSSR count). The summed E-state index contributed by atoms with van der Waals surface area (Å²) in [7, 11) is 0. The van der Waals surface area contributed by atoms with Gasteiger partial charge in [-0.3, -0.25) is 4.90 Å². The first-order valence-electron chi connectivity index (χ1n) is 9.36. The molecule has 1 aromatic heterocycles. The molecule has 0 radical (unpaired) electrons. The van der Waals surface area contributed by atoms with Gasteiger partial charge in [-0.05, 0) is 36.2 Å². The standard InChI is InChI=1S/C21H23FN4O/c1-2-16-3-5-17(6-4-16)21-23-20(27-24-21)15-25-11-13-26(14-12-25)19-9-7-18(22)8-10-19/h3-10H,2,11-15H2,1H3. The van der Waals surface area contributed by atoms with Crippen LogP contribution in [0.25, 0.3) is 11.4 Å². The van der Waals surface area contributed by atoms with E-state index in [-0.39, 0.29) is 5.82 Å². The summed E-state index contributed by atoms with van der Waals surface area (Å²) in [5.41, 5.74) is 3.33. The first-order chi connectivity index (χ1) is 13.2. The van der Waals surface area contributed by atoms with Crippen LogP contribution in [0.1, 0.15) is 18.4 Å². The predicted molar refractivity (Wildman–Crippen MR) is 103 cm³/mol. The van der Waals surface area contributed by atoms with Gasteiger partial charge in [-0.2, -0.15) is 4.98 Å². The Bertz CT molecular complexity index is 868. The molecule has 0 unspecified atom stereocenters. The maximum Gasteiger partial charge on any atom is 0.241 e. The molecule has 3 aromatic rings. The van der Waals surface area contributed by atoms with Crippen molar-refractivity contribution in [1.82, 2.24) is 15.0 Å². The Kier molecular flexibility index (Phi) is 5.16. The molecule has 1 saturated heterocycles. The van der Waals surface area contributed by atoms with Gasteiger partial charge < -0.3 is 9.42 Å². The summed E-state index contributed by atoms with van der Waals surface area (Å²) in [6.07, 6.45) is 1.02. The zero-order chi connectivity index (χ0) is 18.6. The first kappa shape index (κ1) is 17.7. The monoisotopic (exact) mass is 366 g/mol. The highest BCUT2D eigenvalue weighted by molar-refractivity contribution is 5.54. The molecule has 27 heavy (non-hydrogen) atoms. The van der Waals surface area contributed by atoms with Crippen molar-refractivity contribution in [2.75, 3.05) is 31.1 Å². The highest BCUT2D eigenvalue weighted by atomic mass is 19.1. The molecule has 0 amide bonds. The molecule has 140 valence electrons. The van der Waals surface area contributed by atoms with E-state index in [9.17, 15) is 4.39 Å². The molecule has 0 atom stereocenters. The van der Waals surface area contributed by atoms with E-state index < -0.39 is 0 Å². The lowest BCUT2D eigenvalue weighted by atomic mass is 10.1. The number of piperazine rings is 1. The molecular formula is C21H23FN4O. The average Bonchev–Trinajstić information content (AvgIpc) is 3.18. The number of halogens is 1. The molecule has 1 aliphatic heterocycles. The molecule has 5 nitrogen and oxygen atoms in total. The minimum atomic E-state index is -0.200. The lowest BCUT2D eigenvalue weighted by Gasteiger charge is -2.35. The molecular weight excluding hydrogens is 343 g/mol. The van der Waals surface area contributed by atoms with Crippen molar-refractivity contribution in [3.63, 3.8) is 0 Å². The van der Waals surface area contributed by atoms with Gasteiger partial charge >= 0.3 is 0 Å². The van der Waals surface area contributed by atoms with Crippen molar-refractivity contribution in [2.45, 2.75) is 19.9 Å². The Balaban J connectivity index is 1.34. The van der Waals surface area contributed by atoms with Crippen molar-refractivity contribution >= 4 is 5.69 Å². The number of nitrogens with zero attached hydrogens (tertiary/aromatic N) is 4. The second kappa shape index (κ2) is 7.88. The van der Waals surface area contributed by atoms with Crippen LogP contribution in [0, 0.1) is 5.82 Å². The average molecular weight is 366 g/mol. The summed E-state index contributed by atoms with van der Waals surface area (Å²) in [5.74, 6) is 1.08. The SMILES string of the molecule is CCc1ccc(-c2noc(CN3CCN(c4ccc(F)cc4)CC3)n2)cc1. The van der Waals surface area contributed by atoms with E-state index >= 15 is 0 Å². The molecule has 6 heteroatoms. The lowest BCUT2D eigenvalue weighted by molar-refractivity contribution is 0.215. The minimum Gasteiger partial charge on any atom is -0.369 e. The number of anilines is 1. The maximum atomic E-state index is 13.1. The van der Waals surface area contributed by atoms with Gasteiger partial charge in [0.1, 0.15) is 5.82 Å². The quantitative estimate of drug-likeness (QED) is 0.688. The van der Waals surface area contributed by atoms with Crippen LogP contribution in [0.5, 0.6) is 0 Å². The molecule has 0 aliphatic carbocycles. The number of rotatable bonds is 5. The number of hydrogen-bond acceptors (Lipinski definition) is 5. The van der Waals surface area contributed by atoms with Gasteiger partial charge in [-0.25, -0.2) is 4.39 Å². The van der Waals surface area contributed by atoms with Gasteiger partial charge in [0.25, 0.3) is 0 Å². The van der Waals surface area contributed by atoms with E-state index in [1.165, 1.54) is 17.7 Å². The Morgan fingerprint density at radius 2 is 1.67 bits per heavy atom. The Hall–Kier alpha value is -2.73. The zero-order valence-corrected chi connectivity index (χ0v) is 15.4. The van der Waals surface area contributed by atoms with Gasteiger partial charge in [0.15, 0.2) is 0 Å². The second-order valence-corrected chi connectivity index (χ2v) is 6.80. The molecule has 0 bridgehead atoms. The van der Waals surface area contributed by atoms with Gasteiger partial charge in [0, 0.05) is 37.4 Å². The molecule has 1 aliphatic rings. The summed E-state index contributed by atoms with van der Waals surface area (Å²) < 4.78 is 18.5. The van der Waals surface area contributed by atoms with Crippen molar-refractivity contribution in [2.24, 2.45) is 0 Å². The smallest absolute Gasteiger partial charge is 0.241 e. The summed E-state index contributed by atoms with van der Waals surface area (Å²) in [6.45, 7) is 6.38. The van der Waals surface area contributed by atoms with E-state index in [2.05, 4.69) is 39.0 Å². The van der Waals surface area contributed by atoms with Crippen LogP contribution in [-0.2, 0) is 13.0 Å². The van der Waals surface area contributed by atoms with Crippen molar-refractivity contribution in [1.29, 1.82) is 0 Å². The number of aromatic nitrogens is 2. The molecule has 2 aromatic carbocycles. The van der Waals surface area contributed by atoms with Crippen LogP contribution in [0.2, 0.25) is 0 Å². The van der Waals surface area contributed by atoms with E-state index in [4.69, 9.17) is 4.52 Å². The van der Waals surface area contributed by atoms with Gasteiger partial charge in [0.2, 0.25) is 11.7 Å². The normalized spacial score (nSPS) is 15.3. The van der Waals surface area contributed by atoms with Crippen LogP contribution in [0.4, 0.5) is 10.1 Å². The Morgan fingerprint density at radius 3 is 2.33 bits per heavy atom. The summed E-state index contributed by atoms with van der Waals surface area (Å²) >= 11 is 0. The van der Waals surface area contributed by atoms with Crippen LogP contribution >= 0.6 is 0 Å². The maximum absolute atomic E-state index is 13.1. The number of aryl methyl sites for hydroxylation is 1. The van der Waals surface area contributed by atoms with Gasteiger partial charge in [0.05, 0.1) is 6.54 Å². The van der Waals surface area contributed by atoms with E-state index in [1.807, 2.05) is 24.3 Å². The van der Waals surface area contributed by atoms with Crippen molar-refractivity contribution in [3.05, 3.63) is 65.8 Å². The lowest BCUT2D eigenvalue weighted by Crippen LogP contribution is -2.46. The highest BCUT2D eigenvalue weighted by Crippen LogP contribution is 2.20. The fraction of sp³-hybridized carbons (Fsp3) is 0.333. The fourth-order valence-electron chi connectivity index (χ4n) is 3.33. The van der Waals surface area contributed by atoms with Gasteiger partial charge in [-0.1, -0.05) is 36.3 Å². The van der Waals surface area contributed by atoms with Crippen LogP contribution in [0.15, 0.2) is 53.1 Å². The second-order valence-electron chi connectivity index (χ2n) is 6.80. The zero-order valence-electron chi connectivity index (χ0n) is 15.4. The van der Waals surface area contributed by atoms with E-state index in [0.29, 0.717) is 18.3 Å². The molecule has 0 N–H and O–H groups in total. The van der Waals surface area contributed by atoms with E-state index in [1.54, 1.807) is 0 Å².